The van der Waals surface area contributed by atoms with Gasteiger partial charge in [-0.05, 0) is 51.7 Å². The smallest absolute Gasteiger partial charge is 0.106 e. The highest BCUT2D eigenvalue weighted by Gasteiger charge is 2.01. The van der Waals surface area contributed by atoms with Crippen molar-refractivity contribution in [3.05, 3.63) is 58.3 Å². The summed E-state index contributed by atoms with van der Waals surface area (Å²) in [5, 5.41) is 3.40. The van der Waals surface area contributed by atoms with E-state index in [1.54, 1.807) is 0 Å². The van der Waals surface area contributed by atoms with Gasteiger partial charge in [0.2, 0.25) is 0 Å². The number of halogens is 1. The van der Waals surface area contributed by atoms with Crippen molar-refractivity contribution < 1.29 is 0 Å². The molecule has 2 nitrogen and oxygen atoms in total. The van der Waals surface area contributed by atoms with Crippen LogP contribution in [-0.2, 0) is 6.54 Å². The molecule has 0 aliphatic rings. The maximum atomic E-state index is 4.40. The van der Waals surface area contributed by atoms with Crippen molar-refractivity contribution in [1.29, 1.82) is 0 Å². The van der Waals surface area contributed by atoms with Crippen molar-refractivity contribution in [3.63, 3.8) is 0 Å². The molecule has 0 atom stereocenters. The molecule has 0 saturated heterocycles. The van der Waals surface area contributed by atoms with Crippen LogP contribution in [-0.4, -0.2) is 4.98 Å². The molecule has 0 unspecified atom stereocenters. The maximum Gasteiger partial charge on any atom is 0.106 e. The highest BCUT2D eigenvalue weighted by Crippen LogP contribution is 2.19. The van der Waals surface area contributed by atoms with Crippen LogP contribution in [0.3, 0.4) is 0 Å². The minimum Gasteiger partial charge on any atom is -0.379 e. The van der Waals surface area contributed by atoms with Crippen LogP contribution in [0.1, 0.15) is 31.0 Å². The Hall–Kier alpha value is -1.35. The summed E-state index contributed by atoms with van der Waals surface area (Å²) in [5.74, 6) is 0.552. The zero-order chi connectivity index (χ0) is 13.0. The standard InChI is InChI=1S/C15H17BrN2/c1-11(2)12-5-3-6-13(9-12)17-10-14-7-4-8-15(16)18-14/h3-9,11,17H,10H2,1-2H3. The summed E-state index contributed by atoms with van der Waals surface area (Å²) in [6.07, 6.45) is 0. The van der Waals surface area contributed by atoms with Gasteiger partial charge in [-0.2, -0.15) is 0 Å². The second-order valence-corrected chi connectivity index (χ2v) is 5.40. The molecule has 94 valence electrons. The van der Waals surface area contributed by atoms with Crippen LogP contribution in [0, 0.1) is 0 Å². The van der Waals surface area contributed by atoms with Gasteiger partial charge < -0.3 is 5.32 Å². The van der Waals surface area contributed by atoms with Gasteiger partial charge in [0.05, 0.1) is 12.2 Å². The third kappa shape index (κ3) is 3.57. The molecular weight excluding hydrogens is 288 g/mol. The Bertz CT molecular complexity index is 523. The van der Waals surface area contributed by atoms with Crippen LogP contribution in [0.4, 0.5) is 5.69 Å². The minimum absolute atomic E-state index is 0.552. The molecule has 0 aliphatic heterocycles. The number of pyridine rings is 1. The van der Waals surface area contributed by atoms with Crippen LogP contribution >= 0.6 is 15.9 Å². The Morgan fingerprint density at radius 1 is 1.17 bits per heavy atom. The van der Waals surface area contributed by atoms with E-state index in [1.165, 1.54) is 5.56 Å². The summed E-state index contributed by atoms with van der Waals surface area (Å²) in [6, 6.07) is 14.5. The molecule has 2 rings (SSSR count). The van der Waals surface area contributed by atoms with Gasteiger partial charge in [-0.25, -0.2) is 4.98 Å². The number of hydrogen-bond donors (Lipinski definition) is 1. The molecule has 0 spiro atoms. The van der Waals surface area contributed by atoms with Crippen LogP contribution < -0.4 is 5.32 Å². The average molecular weight is 305 g/mol. The number of nitrogens with one attached hydrogen (secondary N) is 1. The monoisotopic (exact) mass is 304 g/mol. The number of rotatable bonds is 4. The van der Waals surface area contributed by atoms with E-state index in [0.29, 0.717) is 5.92 Å². The number of benzene rings is 1. The van der Waals surface area contributed by atoms with Crippen LogP contribution in [0.2, 0.25) is 0 Å². The van der Waals surface area contributed by atoms with E-state index in [0.717, 1.165) is 22.5 Å². The number of aromatic nitrogens is 1. The lowest BCUT2D eigenvalue weighted by Gasteiger charge is -2.10. The number of anilines is 1. The zero-order valence-electron chi connectivity index (χ0n) is 10.7. The van der Waals surface area contributed by atoms with Crippen molar-refractivity contribution in [3.8, 4) is 0 Å². The van der Waals surface area contributed by atoms with E-state index in [4.69, 9.17) is 0 Å². The van der Waals surface area contributed by atoms with Gasteiger partial charge in [0.1, 0.15) is 4.60 Å². The maximum absolute atomic E-state index is 4.40. The normalized spacial score (nSPS) is 10.7. The second kappa shape index (κ2) is 6.01. The van der Waals surface area contributed by atoms with E-state index in [2.05, 4.69) is 64.3 Å². The largest absolute Gasteiger partial charge is 0.379 e. The first-order valence-corrected chi connectivity index (χ1v) is 6.90. The zero-order valence-corrected chi connectivity index (χ0v) is 12.2. The first-order valence-electron chi connectivity index (χ1n) is 6.10. The fraction of sp³-hybridized carbons (Fsp3) is 0.267. The Morgan fingerprint density at radius 3 is 2.67 bits per heavy atom. The van der Waals surface area contributed by atoms with Crippen molar-refractivity contribution in [2.75, 3.05) is 5.32 Å². The SMILES string of the molecule is CC(C)c1cccc(NCc2cccc(Br)n2)c1. The van der Waals surface area contributed by atoms with E-state index in [-0.39, 0.29) is 0 Å². The molecule has 0 aliphatic carbocycles. The van der Waals surface area contributed by atoms with Gasteiger partial charge in [0, 0.05) is 5.69 Å². The van der Waals surface area contributed by atoms with Gasteiger partial charge in [-0.1, -0.05) is 32.0 Å². The van der Waals surface area contributed by atoms with Gasteiger partial charge in [-0.3, -0.25) is 0 Å². The molecule has 1 heterocycles. The van der Waals surface area contributed by atoms with E-state index in [9.17, 15) is 0 Å². The van der Waals surface area contributed by atoms with Crippen LogP contribution in [0.15, 0.2) is 47.1 Å². The molecule has 0 bridgehead atoms. The molecule has 3 heteroatoms. The van der Waals surface area contributed by atoms with Crippen molar-refractivity contribution >= 4 is 21.6 Å². The molecule has 0 amide bonds. The molecule has 0 radical (unpaired) electrons. The Kier molecular flexibility index (Phi) is 4.37. The lowest BCUT2D eigenvalue weighted by molar-refractivity contribution is 0.866. The summed E-state index contributed by atoms with van der Waals surface area (Å²) < 4.78 is 0.873. The highest BCUT2D eigenvalue weighted by atomic mass is 79.9. The number of nitrogens with zero attached hydrogens (tertiary/aromatic N) is 1. The predicted octanol–water partition coefficient (Wildman–Crippen LogP) is 4.58. The first kappa shape index (κ1) is 13.1. The third-order valence-corrected chi connectivity index (χ3v) is 3.24. The van der Waals surface area contributed by atoms with Gasteiger partial charge in [0.25, 0.3) is 0 Å². The second-order valence-electron chi connectivity index (χ2n) is 4.59. The van der Waals surface area contributed by atoms with Gasteiger partial charge in [0.15, 0.2) is 0 Å². The lowest BCUT2D eigenvalue weighted by atomic mass is 10.0. The van der Waals surface area contributed by atoms with Crippen molar-refractivity contribution in [2.24, 2.45) is 0 Å². The summed E-state index contributed by atoms with van der Waals surface area (Å²) >= 11 is 3.38. The fourth-order valence-corrected chi connectivity index (χ4v) is 2.13. The number of hydrogen-bond acceptors (Lipinski definition) is 2. The van der Waals surface area contributed by atoms with Gasteiger partial charge >= 0.3 is 0 Å². The predicted molar refractivity (Wildman–Crippen MR) is 79.8 cm³/mol. The van der Waals surface area contributed by atoms with E-state index >= 15 is 0 Å². The summed E-state index contributed by atoms with van der Waals surface area (Å²) in [4.78, 5) is 4.40. The fourth-order valence-electron chi connectivity index (χ4n) is 1.75. The van der Waals surface area contributed by atoms with E-state index < -0.39 is 0 Å². The first-order chi connectivity index (χ1) is 8.65. The molecule has 1 aromatic carbocycles. The van der Waals surface area contributed by atoms with Crippen LogP contribution in [0.5, 0.6) is 0 Å². The molecular formula is C15H17BrN2. The molecule has 0 fully saturated rings. The summed E-state index contributed by atoms with van der Waals surface area (Å²) in [6.45, 7) is 5.14. The third-order valence-electron chi connectivity index (χ3n) is 2.80. The summed E-state index contributed by atoms with van der Waals surface area (Å²) in [5.41, 5.74) is 3.52. The van der Waals surface area contributed by atoms with E-state index in [1.807, 2.05) is 18.2 Å². The van der Waals surface area contributed by atoms with Crippen LogP contribution in [0.25, 0.3) is 0 Å². The highest BCUT2D eigenvalue weighted by molar-refractivity contribution is 9.10. The topological polar surface area (TPSA) is 24.9 Å². The molecule has 18 heavy (non-hydrogen) atoms. The lowest BCUT2D eigenvalue weighted by Crippen LogP contribution is -2.02. The quantitative estimate of drug-likeness (QED) is 0.836. The van der Waals surface area contributed by atoms with Gasteiger partial charge in [-0.15, -0.1) is 0 Å². The Morgan fingerprint density at radius 2 is 1.94 bits per heavy atom. The van der Waals surface area contributed by atoms with Crippen molar-refractivity contribution in [1.82, 2.24) is 4.98 Å². The summed E-state index contributed by atoms with van der Waals surface area (Å²) in [7, 11) is 0. The average Bonchev–Trinajstić information content (AvgIpc) is 2.37. The molecule has 0 saturated carbocycles. The minimum atomic E-state index is 0.552. The Labute approximate surface area is 117 Å². The Balaban J connectivity index is 2.04. The molecule has 1 N–H and O–H groups in total. The van der Waals surface area contributed by atoms with Crippen molar-refractivity contribution in [2.45, 2.75) is 26.3 Å². The molecule has 2 aromatic rings. The molecule has 1 aromatic heterocycles.